The Hall–Kier alpha value is -2.87. The fourth-order valence-corrected chi connectivity index (χ4v) is 4.75. The maximum absolute atomic E-state index is 13.2. The number of benzene rings is 2. The van der Waals surface area contributed by atoms with E-state index in [2.05, 4.69) is 5.32 Å². The number of carbonyl (C=O) groups excluding carboxylic acids is 2. The van der Waals surface area contributed by atoms with E-state index in [-0.39, 0.29) is 30.8 Å². The molecule has 0 spiro atoms. The molecule has 1 atom stereocenters. The van der Waals surface area contributed by atoms with E-state index in [0.29, 0.717) is 18.7 Å². The Balaban J connectivity index is 2.18. The van der Waals surface area contributed by atoms with Gasteiger partial charge in [-0.15, -0.1) is 0 Å². The molecule has 186 valence electrons. The van der Waals surface area contributed by atoms with Crippen LogP contribution in [0.25, 0.3) is 0 Å². The Kier molecular flexibility index (Phi) is 9.67. The average Bonchev–Trinajstić information content (AvgIpc) is 2.75. The van der Waals surface area contributed by atoms with Gasteiger partial charge in [0, 0.05) is 25.6 Å². The molecule has 0 heterocycles. The lowest BCUT2D eigenvalue weighted by atomic mass is 10.1. The van der Waals surface area contributed by atoms with Crippen LogP contribution in [0.15, 0.2) is 48.5 Å². The van der Waals surface area contributed by atoms with E-state index >= 15 is 0 Å². The second-order valence-electron chi connectivity index (χ2n) is 9.08. The molecule has 2 rings (SSSR count). The maximum atomic E-state index is 13.2. The Morgan fingerprint density at radius 1 is 1.00 bits per heavy atom. The third-order valence-electron chi connectivity index (χ3n) is 5.58. The molecule has 7 nitrogen and oxygen atoms in total. The van der Waals surface area contributed by atoms with Crippen molar-refractivity contribution in [3.63, 3.8) is 0 Å². The fraction of sp³-hybridized carbons (Fsp3) is 0.462. The second kappa shape index (κ2) is 12.0. The van der Waals surface area contributed by atoms with E-state index in [4.69, 9.17) is 0 Å². The van der Waals surface area contributed by atoms with Crippen LogP contribution in [0.1, 0.15) is 50.3 Å². The molecule has 0 unspecified atom stereocenters. The number of carbonyl (C=O) groups is 2. The SMILES string of the molecule is Cc1ccc(C)c(N(CCCC(=O)N(Cc2ccccc2)[C@@H](C)C(=O)NC(C)C)S(C)(=O)=O)c1. The lowest BCUT2D eigenvalue weighted by molar-refractivity contribution is -0.140. The van der Waals surface area contributed by atoms with Crippen molar-refractivity contribution in [2.24, 2.45) is 0 Å². The summed E-state index contributed by atoms with van der Waals surface area (Å²) < 4.78 is 26.4. The van der Waals surface area contributed by atoms with Crippen LogP contribution in [0.5, 0.6) is 0 Å². The highest BCUT2D eigenvalue weighted by atomic mass is 32.2. The first kappa shape index (κ1) is 27.4. The van der Waals surface area contributed by atoms with Crippen LogP contribution in [0.3, 0.4) is 0 Å². The van der Waals surface area contributed by atoms with Crippen LogP contribution in [0.2, 0.25) is 0 Å². The number of hydrogen-bond donors (Lipinski definition) is 1. The number of rotatable bonds is 11. The van der Waals surface area contributed by atoms with Gasteiger partial charge in [-0.05, 0) is 63.8 Å². The van der Waals surface area contributed by atoms with Crippen LogP contribution in [0.4, 0.5) is 5.69 Å². The molecular weight excluding hydrogens is 450 g/mol. The molecule has 2 amide bonds. The molecule has 2 aromatic rings. The number of nitrogens with one attached hydrogen (secondary N) is 1. The van der Waals surface area contributed by atoms with E-state index in [1.807, 2.05) is 76.2 Å². The Morgan fingerprint density at radius 2 is 1.65 bits per heavy atom. The van der Waals surface area contributed by atoms with Gasteiger partial charge >= 0.3 is 0 Å². The Morgan fingerprint density at radius 3 is 2.24 bits per heavy atom. The normalized spacial score (nSPS) is 12.3. The molecule has 0 aliphatic rings. The van der Waals surface area contributed by atoms with Gasteiger partial charge in [0.25, 0.3) is 0 Å². The topological polar surface area (TPSA) is 86.8 Å². The summed E-state index contributed by atoms with van der Waals surface area (Å²) in [5.74, 6) is -0.405. The zero-order valence-electron chi connectivity index (χ0n) is 21.0. The number of anilines is 1. The first-order valence-corrected chi connectivity index (χ1v) is 13.4. The maximum Gasteiger partial charge on any atom is 0.242 e. The lowest BCUT2D eigenvalue weighted by Gasteiger charge is -2.30. The zero-order chi connectivity index (χ0) is 25.5. The summed E-state index contributed by atoms with van der Waals surface area (Å²) in [6.07, 6.45) is 1.64. The van der Waals surface area contributed by atoms with Crippen molar-refractivity contribution >= 4 is 27.5 Å². The third kappa shape index (κ3) is 7.87. The van der Waals surface area contributed by atoms with Crippen LogP contribution in [0, 0.1) is 13.8 Å². The first-order valence-electron chi connectivity index (χ1n) is 11.6. The predicted octanol–water partition coefficient (Wildman–Crippen LogP) is 3.79. The van der Waals surface area contributed by atoms with Crippen LogP contribution in [-0.4, -0.2) is 50.0 Å². The number of sulfonamides is 1. The van der Waals surface area contributed by atoms with Gasteiger partial charge < -0.3 is 10.2 Å². The monoisotopic (exact) mass is 487 g/mol. The standard InChI is InChI=1S/C26H37N3O4S/c1-19(2)27-26(31)22(5)28(18-23-11-8-7-9-12-23)25(30)13-10-16-29(34(6,32)33)24-17-20(3)14-15-21(24)4/h7-9,11-12,14-15,17,19,22H,10,13,16,18H2,1-6H3,(H,27,31)/t22-/m0/s1. The molecular formula is C26H37N3O4S. The predicted molar refractivity (Wildman–Crippen MR) is 137 cm³/mol. The minimum Gasteiger partial charge on any atom is -0.352 e. The van der Waals surface area contributed by atoms with Gasteiger partial charge in [0.2, 0.25) is 21.8 Å². The fourth-order valence-electron chi connectivity index (χ4n) is 3.74. The average molecular weight is 488 g/mol. The van der Waals surface area contributed by atoms with E-state index in [1.165, 1.54) is 10.6 Å². The van der Waals surface area contributed by atoms with Crippen molar-refractivity contribution in [1.82, 2.24) is 10.2 Å². The highest BCUT2D eigenvalue weighted by Crippen LogP contribution is 2.24. The van der Waals surface area contributed by atoms with Crippen molar-refractivity contribution in [2.45, 2.75) is 66.1 Å². The highest BCUT2D eigenvalue weighted by Gasteiger charge is 2.27. The van der Waals surface area contributed by atoms with E-state index in [0.717, 1.165) is 16.7 Å². The number of hydrogen-bond acceptors (Lipinski definition) is 4. The van der Waals surface area contributed by atoms with Crippen molar-refractivity contribution in [2.75, 3.05) is 17.1 Å². The molecule has 0 saturated carbocycles. The summed E-state index contributed by atoms with van der Waals surface area (Å²) in [6.45, 7) is 9.74. The molecule has 0 aromatic heterocycles. The summed E-state index contributed by atoms with van der Waals surface area (Å²) >= 11 is 0. The number of amides is 2. The van der Waals surface area contributed by atoms with Gasteiger partial charge in [-0.2, -0.15) is 0 Å². The number of nitrogens with zero attached hydrogens (tertiary/aromatic N) is 2. The van der Waals surface area contributed by atoms with Gasteiger partial charge in [-0.1, -0.05) is 42.5 Å². The molecule has 0 radical (unpaired) electrons. The molecule has 0 aliphatic heterocycles. The molecule has 0 aliphatic carbocycles. The molecule has 1 N–H and O–H groups in total. The molecule has 0 bridgehead atoms. The Bertz CT molecular complexity index is 1080. The lowest BCUT2D eigenvalue weighted by Crippen LogP contribution is -2.49. The second-order valence-corrected chi connectivity index (χ2v) is 11.0. The van der Waals surface area contributed by atoms with Gasteiger partial charge in [-0.25, -0.2) is 8.42 Å². The van der Waals surface area contributed by atoms with Crippen molar-refractivity contribution in [1.29, 1.82) is 0 Å². The molecule has 2 aromatic carbocycles. The third-order valence-corrected chi connectivity index (χ3v) is 6.76. The first-order chi connectivity index (χ1) is 15.9. The minimum absolute atomic E-state index is 0.0375. The minimum atomic E-state index is -3.52. The van der Waals surface area contributed by atoms with Crippen LogP contribution < -0.4 is 9.62 Å². The molecule has 0 saturated heterocycles. The van der Waals surface area contributed by atoms with Gasteiger partial charge in [-0.3, -0.25) is 13.9 Å². The van der Waals surface area contributed by atoms with E-state index in [9.17, 15) is 18.0 Å². The van der Waals surface area contributed by atoms with Crippen LogP contribution >= 0.6 is 0 Å². The summed E-state index contributed by atoms with van der Waals surface area (Å²) in [6, 6.07) is 14.5. The van der Waals surface area contributed by atoms with Gasteiger partial charge in [0.1, 0.15) is 6.04 Å². The summed E-state index contributed by atoms with van der Waals surface area (Å²) in [7, 11) is -3.52. The quantitative estimate of drug-likeness (QED) is 0.522. The van der Waals surface area contributed by atoms with Gasteiger partial charge in [0.15, 0.2) is 0 Å². The van der Waals surface area contributed by atoms with Crippen molar-refractivity contribution < 1.29 is 18.0 Å². The highest BCUT2D eigenvalue weighted by molar-refractivity contribution is 7.92. The van der Waals surface area contributed by atoms with Crippen molar-refractivity contribution in [3.8, 4) is 0 Å². The smallest absolute Gasteiger partial charge is 0.242 e. The molecule has 34 heavy (non-hydrogen) atoms. The largest absolute Gasteiger partial charge is 0.352 e. The summed E-state index contributed by atoms with van der Waals surface area (Å²) in [5.41, 5.74) is 3.37. The van der Waals surface area contributed by atoms with E-state index in [1.54, 1.807) is 11.8 Å². The molecule has 0 fully saturated rings. The summed E-state index contributed by atoms with van der Waals surface area (Å²) in [4.78, 5) is 27.5. The van der Waals surface area contributed by atoms with Crippen molar-refractivity contribution in [3.05, 3.63) is 65.2 Å². The van der Waals surface area contributed by atoms with Crippen LogP contribution in [-0.2, 0) is 26.2 Å². The Labute approximate surface area is 204 Å². The van der Waals surface area contributed by atoms with E-state index < -0.39 is 16.1 Å². The van der Waals surface area contributed by atoms with Gasteiger partial charge in [0.05, 0.1) is 11.9 Å². The zero-order valence-corrected chi connectivity index (χ0v) is 21.9. The molecule has 8 heteroatoms. The summed E-state index contributed by atoms with van der Waals surface area (Å²) in [5, 5.41) is 2.87. The number of aryl methyl sites for hydroxylation is 2.